The fraction of sp³-hybridized carbons (Fsp3) is 0.0400. The molecule has 1 heterocycles. The Hall–Kier alpha value is -6.44. The third-order valence-electron chi connectivity index (χ3n) is 10.8. The minimum Gasteiger partial charge on any atom is -0.456 e. The second kappa shape index (κ2) is 11.6. The van der Waals surface area contributed by atoms with Gasteiger partial charge in [-0.15, -0.1) is 0 Å². The highest BCUT2D eigenvalue weighted by Gasteiger charge is 2.25. The first-order chi connectivity index (χ1) is 25.2. The fourth-order valence-corrected chi connectivity index (χ4v) is 8.59. The summed E-state index contributed by atoms with van der Waals surface area (Å²) in [7, 11) is 0. The molecule has 0 saturated heterocycles. The maximum atomic E-state index is 6.70. The molecule has 0 atom stereocenters. The molecule has 1 heteroatoms. The third-order valence-corrected chi connectivity index (χ3v) is 10.8. The van der Waals surface area contributed by atoms with Crippen LogP contribution in [0.4, 0.5) is 0 Å². The van der Waals surface area contributed by atoms with Crippen LogP contribution in [0.1, 0.15) is 11.1 Å². The molecule has 0 spiro atoms. The van der Waals surface area contributed by atoms with Gasteiger partial charge in [0.25, 0.3) is 0 Å². The number of benzene rings is 9. The van der Waals surface area contributed by atoms with Crippen molar-refractivity contribution in [2.75, 3.05) is 0 Å². The van der Waals surface area contributed by atoms with Crippen molar-refractivity contribution < 1.29 is 4.42 Å². The molecule has 10 rings (SSSR count). The smallest absolute Gasteiger partial charge is 0.138 e. The minimum atomic E-state index is 0.910. The van der Waals surface area contributed by atoms with E-state index in [-0.39, 0.29) is 0 Å². The average molecular weight is 651 g/mol. The van der Waals surface area contributed by atoms with Gasteiger partial charge < -0.3 is 4.42 Å². The maximum absolute atomic E-state index is 6.70. The van der Waals surface area contributed by atoms with E-state index in [1.54, 1.807) is 0 Å². The normalized spacial score (nSPS) is 11.7. The predicted molar refractivity (Wildman–Crippen MR) is 217 cm³/mol. The highest BCUT2D eigenvalue weighted by molar-refractivity contribution is 6.30. The van der Waals surface area contributed by atoms with Crippen molar-refractivity contribution in [1.29, 1.82) is 0 Å². The van der Waals surface area contributed by atoms with E-state index in [1.165, 1.54) is 93.0 Å². The van der Waals surface area contributed by atoms with Gasteiger partial charge in [0, 0.05) is 16.5 Å². The molecule has 10 aromatic rings. The largest absolute Gasteiger partial charge is 0.456 e. The number of furan rings is 1. The Morgan fingerprint density at radius 2 is 0.784 bits per heavy atom. The molecule has 0 fully saturated rings. The molecular formula is C50H34O. The van der Waals surface area contributed by atoms with Crippen LogP contribution in [0.15, 0.2) is 174 Å². The third kappa shape index (κ3) is 4.41. The van der Waals surface area contributed by atoms with Gasteiger partial charge in [0.15, 0.2) is 0 Å². The lowest BCUT2D eigenvalue weighted by molar-refractivity contribution is 0.628. The van der Waals surface area contributed by atoms with Gasteiger partial charge in [-0.2, -0.15) is 0 Å². The van der Waals surface area contributed by atoms with Crippen LogP contribution < -0.4 is 0 Å². The van der Waals surface area contributed by atoms with Crippen molar-refractivity contribution in [3.63, 3.8) is 0 Å². The lowest BCUT2D eigenvalue weighted by atomic mass is 9.79. The molecule has 0 bridgehead atoms. The lowest BCUT2D eigenvalue weighted by Crippen LogP contribution is -1.95. The summed E-state index contributed by atoms with van der Waals surface area (Å²) in [6, 6.07) is 61.8. The molecule has 51 heavy (non-hydrogen) atoms. The summed E-state index contributed by atoms with van der Waals surface area (Å²) in [5.41, 5.74) is 11.9. The Balaban J connectivity index is 1.38. The highest BCUT2D eigenvalue weighted by atomic mass is 16.3. The Morgan fingerprint density at radius 3 is 1.37 bits per heavy atom. The van der Waals surface area contributed by atoms with Crippen LogP contribution in [0.5, 0.6) is 0 Å². The van der Waals surface area contributed by atoms with E-state index in [0.29, 0.717) is 0 Å². The zero-order valence-electron chi connectivity index (χ0n) is 28.6. The number of aryl methyl sites for hydroxylation is 2. The SMILES string of the molecule is Cc1ccccc1-c1oc2cccc(-c3c4ccccc4c(-c4c(-c5ccccc5)c5ccccc5c5ccccc45)c4ccccc34)c2c1C. The van der Waals surface area contributed by atoms with Gasteiger partial charge in [0.05, 0.1) is 0 Å². The Morgan fingerprint density at radius 1 is 0.333 bits per heavy atom. The number of hydrogen-bond donors (Lipinski definition) is 0. The standard InChI is InChI=1S/C50H34O/c1-31-17-6-7-20-34(31)50-32(2)45-43(29-16-30-44(45)51-50)47-39-25-12-14-27-41(39)48(42-28-15-13-26-40(42)47)49-38-24-11-9-22-36(38)35-21-8-10-23-37(35)46(49)33-18-4-3-5-19-33/h3-30H,1-2H3. The van der Waals surface area contributed by atoms with Crippen LogP contribution in [0.25, 0.3) is 98.8 Å². The highest BCUT2D eigenvalue weighted by Crippen LogP contribution is 2.52. The van der Waals surface area contributed by atoms with Gasteiger partial charge in [0.1, 0.15) is 11.3 Å². The molecule has 0 unspecified atom stereocenters. The predicted octanol–water partition coefficient (Wildman–Crippen LogP) is 14.3. The monoisotopic (exact) mass is 650 g/mol. The van der Waals surface area contributed by atoms with Gasteiger partial charge >= 0.3 is 0 Å². The Labute approximate surface area is 297 Å². The van der Waals surface area contributed by atoms with Crippen molar-refractivity contribution >= 4 is 54.1 Å². The van der Waals surface area contributed by atoms with E-state index < -0.39 is 0 Å². The molecule has 9 aromatic carbocycles. The number of fused-ring (bicyclic) bond motifs is 6. The Kier molecular flexibility index (Phi) is 6.69. The van der Waals surface area contributed by atoms with Gasteiger partial charge in [-0.25, -0.2) is 0 Å². The second-order valence-electron chi connectivity index (χ2n) is 13.6. The van der Waals surface area contributed by atoms with Gasteiger partial charge in [-0.1, -0.05) is 164 Å². The van der Waals surface area contributed by atoms with Crippen LogP contribution in [0.2, 0.25) is 0 Å². The summed E-state index contributed by atoms with van der Waals surface area (Å²) in [4.78, 5) is 0. The zero-order chi connectivity index (χ0) is 34.1. The topological polar surface area (TPSA) is 13.1 Å². The zero-order valence-corrected chi connectivity index (χ0v) is 28.6. The van der Waals surface area contributed by atoms with Crippen LogP contribution in [0, 0.1) is 13.8 Å². The molecule has 0 radical (unpaired) electrons. The molecule has 0 N–H and O–H groups in total. The average Bonchev–Trinajstić information content (AvgIpc) is 3.53. The molecule has 240 valence electrons. The van der Waals surface area contributed by atoms with E-state index >= 15 is 0 Å². The molecule has 0 saturated carbocycles. The van der Waals surface area contributed by atoms with Crippen LogP contribution in [-0.4, -0.2) is 0 Å². The summed E-state index contributed by atoms with van der Waals surface area (Å²) in [6.45, 7) is 4.37. The summed E-state index contributed by atoms with van der Waals surface area (Å²) in [6.07, 6.45) is 0. The first-order valence-corrected chi connectivity index (χ1v) is 17.7. The van der Waals surface area contributed by atoms with Gasteiger partial charge in [-0.3, -0.25) is 0 Å². The summed E-state index contributed by atoms with van der Waals surface area (Å²) in [5.74, 6) is 0.941. The fourth-order valence-electron chi connectivity index (χ4n) is 8.59. The van der Waals surface area contributed by atoms with Crippen molar-refractivity contribution in [3.05, 3.63) is 181 Å². The summed E-state index contributed by atoms with van der Waals surface area (Å²) in [5, 5.41) is 11.2. The molecule has 0 aliphatic carbocycles. The molecular weight excluding hydrogens is 617 g/mol. The minimum absolute atomic E-state index is 0.910. The molecule has 1 nitrogen and oxygen atoms in total. The van der Waals surface area contributed by atoms with Crippen molar-refractivity contribution in [2.45, 2.75) is 13.8 Å². The van der Waals surface area contributed by atoms with E-state index in [9.17, 15) is 0 Å². The quantitative estimate of drug-likeness (QED) is 0.136. The first kappa shape index (κ1) is 29.5. The lowest BCUT2D eigenvalue weighted by Gasteiger charge is -2.23. The van der Waals surface area contributed by atoms with E-state index in [0.717, 1.165) is 16.9 Å². The van der Waals surface area contributed by atoms with E-state index in [4.69, 9.17) is 4.42 Å². The van der Waals surface area contributed by atoms with Gasteiger partial charge in [0.2, 0.25) is 0 Å². The van der Waals surface area contributed by atoms with Crippen LogP contribution in [-0.2, 0) is 0 Å². The summed E-state index contributed by atoms with van der Waals surface area (Å²) >= 11 is 0. The van der Waals surface area contributed by atoms with Crippen molar-refractivity contribution in [2.24, 2.45) is 0 Å². The van der Waals surface area contributed by atoms with Crippen molar-refractivity contribution in [3.8, 4) is 44.7 Å². The molecule has 0 aliphatic rings. The molecule has 0 aliphatic heterocycles. The number of rotatable bonds is 4. The van der Waals surface area contributed by atoms with Gasteiger partial charge in [-0.05, 0) is 102 Å². The van der Waals surface area contributed by atoms with Crippen molar-refractivity contribution in [1.82, 2.24) is 0 Å². The van der Waals surface area contributed by atoms with Crippen LogP contribution in [0.3, 0.4) is 0 Å². The maximum Gasteiger partial charge on any atom is 0.138 e. The van der Waals surface area contributed by atoms with Crippen LogP contribution >= 0.6 is 0 Å². The first-order valence-electron chi connectivity index (χ1n) is 17.7. The number of hydrogen-bond acceptors (Lipinski definition) is 1. The molecule has 0 amide bonds. The summed E-state index contributed by atoms with van der Waals surface area (Å²) < 4.78 is 6.70. The second-order valence-corrected chi connectivity index (χ2v) is 13.6. The Bertz CT molecular complexity index is 2920. The van der Waals surface area contributed by atoms with E-state index in [1.807, 2.05) is 0 Å². The molecule has 1 aromatic heterocycles. The van der Waals surface area contributed by atoms with E-state index in [2.05, 4.69) is 184 Å².